The molecule has 2 rings (SSSR count). The van der Waals surface area contributed by atoms with Crippen molar-refractivity contribution >= 4 is 0 Å². The second-order valence-corrected chi connectivity index (χ2v) is 8.43. The fraction of sp³-hybridized carbons (Fsp3) is 1.00. The molecular formula is C16H31NO4. The van der Waals surface area contributed by atoms with E-state index in [1.807, 2.05) is 6.92 Å². The van der Waals surface area contributed by atoms with E-state index in [-0.39, 0.29) is 17.3 Å². The molecule has 0 aromatic rings. The first kappa shape index (κ1) is 17.2. The maximum Gasteiger partial charge on any atom is 0.108 e. The fourth-order valence-electron chi connectivity index (χ4n) is 4.31. The topological polar surface area (TPSA) is 95.9 Å². The summed E-state index contributed by atoms with van der Waals surface area (Å²) < 4.78 is 6.01. The number of aliphatic hydroxyl groups excluding tert-OH is 2. The van der Waals surface area contributed by atoms with Crippen molar-refractivity contribution in [3.05, 3.63) is 0 Å². The van der Waals surface area contributed by atoms with Gasteiger partial charge in [-0.3, -0.25) is 0 Å². The molecule has 21 heavy (non-hydrogen) atoms. The van der Waals surface area contributed by atoms with Crippen LogP contribution in [-0.4, -0.2) is 50.9 Å². The lowest BCUT2D eigenvalue weighted by atomic mass is 9.65. The molecule has 5 N–H and O–H groups in total. The molecule has 0 aromatic carbocycles. The van der Waals surface area contributed by atoms with Gasteiger partial charge < -0.3 is 25.8 Å². The summed E-state index contributed by atoms with van der Waals surface area (Å²) in [6.07, 6.45) is -2.00. The van der Waals surface area contributed by atoms with E-state index in [1.54, 1.807) is 13.8 Å². The van der Waals surface area contributed by atoms with Gasteiger partial charge in [-0.15, -0.1) is 0 Å². The normalized spacial score (nSPS) is 48.0. The highest BCUT2D eigenvalue weighted by Crippen LogP contribution is 2.56. The highest BCUT2D eigenvalue weighted by atomic mass is 16.5. The van der Waals surface area contributed by atoms with E-state index in [9.17, 15) is 15.3 Å². The van der Waals surface area contributed by atoms with Crippen molar-refractivity contribution in [3.63, 3.8) is 0 Å². The Hall–Kier alpha value is -0.200. The van der Waals surface area contributed by atoms with Crippen LogP contribution in [0, 0.1) is 17.3 Å². The number of rotatable bonds is 2. The Kier molecular flexibility index (Phi) is 4.00. The van der Waals surface area contributed by atoms with Crippen LogP contribution in [0.1, 0.15) is 48.0 Å². The van der Waals surface area contributed by atoms with Crippen molar-refractivity contribution in [2.45, 2.75) is 83.5 Å². The van der Waals surface area contributed by atoms with Gasteiger partial charge in [-0.05, 0) is 44.4 Å². The molecule has 0 spiro atoms. The molecule has 7 unspecified atom stereocenters. The van der Waals surface area contributed by atoms with Crippen LogP contribution in [-0.2, 0) is 4.74 Å². The van der Waals surface area contributed by atoms with Crippen molar-refractivity contribution in [3.8, 4) is 0 Å². The first-order chi connectivity index (χ1) is 9.31. The second-order valence-electron chi connectivity index (χ2n) is 8.43. The van der Waals surface area contributed by atoms with Crippen LogP contribution in [0.2, 0.25) is 0 Å². The standard InChI is InChI=1S/C16H31NO4/c1-8-7-9(12(18)15(4,5)20)21-11-10(8)14(2,3)16(6,17)13(11)19/h8-13,18-20H,7,17H2,1-6H3. The zero-order chi connectivity index (χ0) is 16.4. The van der Waals surface area contributed by atoms with Crippen LogP contribution in [0.3, 0.4) is 0 Å². The van der Waals surface area contributed by atoms with Gasteiger partial charge >= 0.3 is 0 Å². The maximum absolute atomic E-state index is 10.6. The van der Waals surface area contributed by atoms with Crippen LogP contribution in [0.4, 0.5) is 0 Å². The summed E-state index contributed by atoms with van der Waals surface area (Å²) in [5, 5.41) is 30.9. The maximum atomic E-state index is 10.6. The zero-order valence-electron chi connectivity index (χ0n) is 14.0. The Balaban J connectivity index is 2.29. The minimum atomic E-state index is -1.23. The molecule has 0 amide bonds. The van der Waals surface area contributed by atoms with Gasteiger partial charge in [0.25, 0.3) is 0 Å². The average molecular weight is 301 g/mol. The molecule has 1 heterocycles. The van der Waals surface area contributed by atoms with E-state index < -0.39 is 35.6 Å². The summed E-state index contributed by atoms with van der Waals surface area (Å²) in [4.78, 5) is 0. The van der Waals surface area contributed by atoms with Crippen molar-refractivity contribution < 1.29 is 20.1 Å². The molecule has 1 aliphatic carbocycles. The van der Waals surface area contributed by atoms with Crippen LogP contribution in [0.5, 0.6) is 0 Å². The fourth-order valence-corrected chi connectivity index (χ4v) is 4.31. The molecule has 124 valence electrons. The number of nitrogens with two attached hydrogens (primary N) is 1. The minimum Gasteiger partial charge on any atom is -0.388 e. The summed E-state index contributed by atoms with van der Waals surface area (Å²) in [5.74, 6) is 0.383. The van der Waals surface area contributed by atoms with Gasteiger partial charge in [0.2, 0.25) is 0 Å². The molecule has 2 aliphatic rings. The van der Waals surface area contributed by atoms with Gasteiger partial charge in [0, 0.05) is 5.54 Å². The lowest BCUT2D eigenvalue weighted by Gasteiger charge is -2.46. The van der Waals surface area contributed by atoms with E-state index in [2.05, 4.69) is 20.8 Å². The molecule has 5 nitrogen and oxygen atoms in total. The number of ether oxygens (including phenoxy) is 1. The van der Waals surface area contributed by atoms with Gasteiger partial charge in [0.15, 0.2) is 0 Å². The second kappa shape index (κ2) is 4.90. The number of hydrogen-bond acceptors (Lipinski definition) is 5. The number of hydrogen-bond donors (Lipinski definition) is 4. The molecule has 7 atom stereocenters. The smallest absolute Gasteiger partial charge is 0.108 e. The summed E-state index contributed by atoms with van der Waals surface area (Å²) in [5.41, 5.74) is 4.15. The monoisotopic (exact) mass is 301 g/mol. The van der Waals surface area contributed by atoms with Crippen molar-refractivity contribution in [1.29, 1.82) is 0 Å². The third kappa shape index (κ3) is 2.43. The number of fused-ring (bicyclic) bond motifs is 1. The predicted molar refractivity (Wildman–Crippen MR) is 80.6 cm³/mol. The van der Waals surface area contributed by atoms with E-state index in [0.717, 1.165) is 0 Å². The third-order valence-electron chi connectivity index (χ3n) is 6.13. The van der Waals surface area contributed by atoms with Crippen LogP contribution in [0.25, 0.3) is 0 Å². The Morgan fingerprint density at radius 3 is 2.29 bits per heavy atom. The molecule has 0 radical (unpaired) electrons. The lowest BCUT2D eigenvalue weighted by molar-refractivity contribution is -0.201. The molecular weight excluding hydrogens is 270 g/mol. The van der Waals surface area contributed by atoms with Gasteiger partial charge in [-0.2, -0.15) is 0 Å². The third-order valence-corrected chi connectivity index (χ3v) is 6.13. The first-order valence-electron chi connectivity index (χ1n) is 7.84. The Bertz CT molecular complexity index is 402. The number of aliphatic hydroxyl groups is 3. The molecule has 1 aliphatic heterocycles. The van der Waals surface area contributed by atoms with Crippen molar-refractivity contribution in [2.24, 2.45) is 23.0 Å². The Morgan fingerprint density at radius 2 is 1.81 bits per heavy atom. The lowest BCUT2D eigenvalue weighted by Crippen LogP contribution is -2.55. The summed E-state index contributed by atoms with van der Waals surface area (Å²) in [6.45, 7) is 11.3. The van der Waals surface area contributed by atoms with Crippen LogP contribution in [0.15, 0.2) is 0 Å². The first-order valence-corrected chi connectivity index (χ1v) is 7.84. The van der Waals surface area contributed by atoms with Gasteiger partial charge in [0.05, 0.1) is 23.9 Å². The molecule has 2 fully saturated rings. The largest absolute Gasteiger partial charge is 0.388 e. The van der Waals surface area contributed by atoms with E-state index >= 15 is 0 Å². The van der Waals surface area contributed by atoms with Crippen LogP contribution >= 0.6 is 0 Å². The van der Waals surface area contributed by atoms with E-state index in [1.165, 1.54) is 0 Å². The highest BCUT2D eigenvalue weighted by molar-refractivity contribution is 5.17. The predicted octanol–water partition coefficient (Wildman–Crippen LogP) is 0.646. The van der Waals surface area contributed by atoms with Crippen LogP contribution < -0.4 is 5.73 Å². The van der Waals surface area contributed by atoms with Crippen molar-refractivity contribution in [2.75, 3.05) is 0 Å². The quantitative estimate of drug-likeness (QED) is 0.600. The summed E-state index contributed by atoms with van der Waals surface area (Å²) in [7, 11) is 0. The molecule has 0 aromatic heterocycles. The van der Waals surface area contributed by atoms with E-state index in [0.29, 0.717) is 6.42 Å². The molecule has 1 saturated carbocycles. The zero-order valence-corrected chi connectivity index (χ0v) is 14.0. The van der Waals surface area contributed by atoms with Crippen molar-refractivity contribution in [1.82, 2.24) is 0 Å². The summed E-state index contributed by atoms with van der Waals surface area (Å²) >= 11 is 0. The average Bonchev–Trinajstić information content (AvgIpc) is 2.46. The molecule has 1 saturated heterocycles. The van der Waals surface area contributed by atoms with Gasteiger partial charge in [-0.1, -0.05) is 20.8 Å². The minimum absolute atomic E-state index is 0.132. The summed E-state index contributed by atoms with van der Waals surface area (Å²) in [6, 6.07) is 0. The SMILES string of the molecule is CC1CC(C(O)C(C)(C)O)OC2C1C(C)(C)C(C)(N)C2O. The molecule has 0 bridgehead atoms. The van der Waals surface area contributed by atoms with Gasteiger partial charge in [0.1, 0.15) is 6.10 Å². The highest BCUT2D eigenvalue weighted by Gasteiger charge is 2.64. The Labute approximate surface area is 127 Å². The molecule has 5 heteroatoms. The van der Waals surface area contributed by atoms with Gasteiger partial charge in [-0.25, -0.2) is 0 Å². The Morgan fingerprint density at radius 1 is 1.29 bits per heavy atom. The van der Waals surface area contributed by atoms with E-state index in [4.69, 9.17) is 10.5 Å².